The van der Waals surface area contributed by atoms with Gasteiger partial charge in [-0.05, 0) is 14.0 Å². The Bertz CT molecular complexity index is 280. The third-order valence-corrected chi connectivity index (χ3v) is 3.11. The second kappa shape index (κ2) is 3.67. The Morgan fingerprint density at radius 3 is 2.62 bits per heavy atom. The molecule has 13 heavy (non-hydrogen) atoms. The van der Waals surface area contributed by atoms with Gasteiger partial charge in [0.25, 0.3) is 5.92 Å². The first-order valence-corrected chi connectivity index (χ1v) is 4.78. The highest BCUT2D eigenvalue weighted by Crippen LogP contribution is 2.32. The molecule has 0 saturated heterocycles. The molecule has 5 heteroatoms. The molecule has 0 amide bonds. The smallest absolute Gasteiger partial charge is 0.281 e. The Kier molecular flexibility index (Phi) is 2.98. The summed E-state index contributed by atoms with van der Waals surface area (Å²) in [6.07, 6.45) is 1.24. The fourth-order valence-electron chi connectivity index (χ4n) is 0.814. The first kappa shape index (κ1) is 10.5. The van der Waals surface area contributed by atoms with Gasteiger partial charge in [0, 0.05) is 13.1 Å². The average Bonchev–Trinajstić information content (AvgIpc) is 2.50. The minimum absolute atomic E-state index is 0.0181. The predicted molar refractivity (Wildman–Crippen MR) is 49.2 cm³/mol. The van der Waals surface area contributed by atoms with Gasteiger partial charge < -0.3 is 5.32 Å². The minimum atomic E-state index is -2.77. The highest BCUT2D eigenvalue weighted by Gasteiger charge is 2.27. The Morgan fingerprint density at radius 2 is 2.23 bits per heavy atom. The molecule has 1 aromatic rings. The maximum Gasteiger partial charge on any atom is 0.281 e. The van der Waals surface area contributed by atoms with E-state index in [1.54, 1.807) is 7.05 Å². The Balaban J connectivity index is 2.87. The van der Waals surface area contributed by atoms with Gasteiger partial charge in [-0.1, -0.05) is 0 Å². The molecular formula is C8H12F2N2S. The van der Waals surface area contributed by atoms with E-state index in [0.717, 1.165) is 18.3 Å². The number of alkyl halides is 2. The first-order valence-electron chi connectivity index (χ1n) is 3.96. The summed E-state index contributed by atoms with van der Waals surface area (Å²) < 4.78 is 25.6. The lowest BCUT2D eigenvalue weighted by atomic mass is 10.3. The zero-order valence-electron chi connectivity index (χ0n) is 7.77. The summed E-state index contributed by atoms with van der Waals surface area (Å²) in [4.78, 5) is 3.95. The molecular weight excluding hydrogens is 194 g/mol. The molecule has 1 rings (SSSR count). The van der Waals surface area contributed by atoms with Gasteiger partial charge in [0.15, 0.2) is 0 Å². The third-order valence-electron chi connectivity index (χ3n) is 1.76. The fraction of sp³-hybridized carbons (Fsp3) is 0.625. The molecule has 0 aliphatic carbocycles. The highest BCUT2D eigenvalue weighted by atomic mass is 32.1. The van der Waals surface area contributed by atoms with Crippen molar-refractivity contribution >= 4 is 11.3 Å². The van der Waals surface area contributed by atoms with E-state index in [-0.39, 0.29) is 10.9 Å². The molecule has 2 nitrogen and oxygen atoms in total. The van der Waals surface area contributed by atoms with E-state index in [9.17, 15) is 8.78 Å². The molecule has 1 N–H and O–H groups in total. The van der Waals surface area contributed by atoms with Gasteiger partial charge in [0.2, 0.25) is 0 Å². The van der Waals surface area contributed by atoms with Crippen LogP contribution in [0.25, 0.3) is 0 Å². The van der Waals surface area contributed by atoms with Gasteiger partial charge in [0.1, 0.15) is 5.01 Å². The fourth-order valence-corrected chi connectivity index (χ4v) is 1.72. The SMILES string of the molecule is CNC(C)c1ncc(C(C)(F)F)s1. The van der Waals surface area contributed by atoms with Crippen LogP contribution >= 0.6 is 11.3 Å². The summed E-state index contributed by atoms with van der Waals surface area (Å²) in [6, 6.07) is 0.0288. The molecule has 1 aromatic heterocycles. The van der Waals surface area contributed by atoms with E-state index in [1.807, 2.05) is 6.92 Å². The number of hydrogen-bond acceptors (Lipinski definition) is 3. The average molecular weight is 206 g/mol. The molecule has 0 radical (unpaired) electrons. The topological polar surface area (TPSA) is 24.9 Å². The van der Waals surface area contributed by atoms with Crippen molar-refractivity contribution in [1.82, 2.24) is 10.3 Å². The van der Waals surface area contributed by atoms with Gasteiger partial charge in [0.05, 0.1) is 10.9 Å². The van der Waals surface area contributed by atoms with E-state index in [0.29, 0.717) is 5.01 Å². The third kappa shape index (κ3) is 2.45. The maximum atomic E-state index is 12.8. The van der Waals surface area contributed by atoms with E-state index in [2.05, 4.69) is 10.3 Å². The van der Waals surface area contributed by atoms with Gasteiger partial charge in [-0.3, -0.25) is 0 Å². The summed E-state index contributed by atoms with van der Waals surface area (Å²) >= 11 is 1.05. The summed E-state index contributed by atoms with van der Waals surface area (Å²) in [7, 11) is 1.77. The van der Waals surface area contributed by atoms with Crippen LogP contribution in [0.4, 0.5) is 8.78 Å². The van der Waals surface area contributed by atoms with Gasteiger partial charge in [-0.15, -0.1) is 11.3 Å². The first-order chi connectivity index (χ1) is 5.95. The van der Waals surface area contributed by atoms with Crippen molar-refractivity contribution in [2.75, 3.05) is 7.05 Å². The van der Waals surface area contributed by atoms with E-state index in [4.69, 9.17) is 0 Å². The minimum Gasteiger partial charge on any atom is -0.311 e. The standard InChI is InChI=1S/C8H12F2N2S/c1-5(11-3)7-12-4-6(13-7)8(2,9)10/h4-5,11H,1-3H3. The van der Waals surface area contributed by atoms with Crippen molar-refractivity contribution in [2.45, 2.75) is 25.8 Å². The molecule has 0 saturated carbocycles. The van der Waals surface area contributed by atoms with Crippen LogP contribution in [0.15, 0.2) is 6.20 Å². The number of hydrogen-bond donors (Lipinski definition) is 1. The van der Waals surface area contributed by atoms with Crippen molar-refractivity contribution in [2.24, 2.45) is 0 Å². The maximum absolute atomic E-state index is 12.8. The molecule has 0 spiro atoms. The second-order valence-corrected chi connectivity index (χ2v) is 4.02. The molecule has 0 aliphatic heterocycles. The lowest BCUT2D eigenvalue weighted by Gasteiger charge is -2.06. The molecule has 1 heterocycles. The monoisotopic (exact) mass is 206 g/mol. The number of thiazole rings is 1. The molecule has 74 valence electrons. The quantitative estimate of drug-likeness (QED) is 0.822. The van der Waals surface area contributed by atoms with Crippen LogP contribution in [0.1, 0.15) is 29.8 Å². The Labute approximate surface area is 80.0 Å². The van der Waals surface area contributed by atoms with Crippen LogP contribution in [0, 0.1) is 0 Å². The zero-order valence-corrected chi connectivity index (χ0v) is 8.58. The Hall–Kier alpha value is -0.550. The van der Waals surface area contributed by atoms with E-state index in [1.165, 1.54) is 6.20 Å². The van der Waals surface area contributed by atoms with E-state index >= 15 is 0 Å². The van der Waals surface area contributed by atoms with E-state index < -0.39 is 5.92 Å². The van der Waals surface area contributed by atoms with Gasteiger partial charge in [-0.2, -0.15) is 0 Å². The van der Waals surface area contributed by atoms with Crippen LogP contribution < -0.4 is 5.32 Å². The lowest BCUT2D eigenvalue weighted by molar-refractivity contribution is 0.0213. The largest absolute Gasteiger partial charge is 0.311 e. The lowest BCUT2D eigenvalue weighted by Crippen LogP contribution is -2.11. The number of aromatic nitrogens is 1. The van der Waals surface area contributed by atoms with Gasteiger partial charge >= 0.3 is 0 Å². The Morgan fingerprint density at radius 1 is 1.62 bits per heavy atom. The van der Waals surface area contributed by atoms with Crippen molar-refractivity contribution in [3.63, 3.8) is 0 Å². The van der Waals surface area contributed by atoms with Crippen molar-refractivity contribution in [1.29, 1.82) is 0 Å². The van der Waals surface area contributed by atoms with Crippen LogP contribution in [0.5, 0.6) is 0 Å². The molecule has 0 bridgehead atoms. The molecule has 0 aliphatic rings. The molecule has 0 aromatic carbocycles. The summed E-state index contributed by atoms with van der Waals surface area (Å²) in [5, 5.41) is 3.64. The molecule has 1 unspecified atom stereocenters. The molecule has 1 atom stereocenters. The number of rotatable bonds is 3. The van der Waals surface area contributed by atoms with Crippen LogP contribution in [0.2, 0.25) is 0 Å². The van der Waals surface area contributed by atoms with Crippen molar-refractivity contribution < 1.29 is 8.78 Å². The van der Waals surface area contributed by atoms with Crippen LogP contribution in [0.3, 0.4) is 0 Å². The normalized spacial score (nSPS) is 14.5. The van der Waals surface area contributed by atoms with Crippen LogP contribution in [-0.2, 0) is 5.92 Å². The summed E-state index contributed by atoms with van der Waals surface area (Å²) in [5.41, 5.74) is 0. The zero-order chi connectivity index (χ0) is 10.1. The number of nitrogens with one attached hydrogen (secondary N) is 1. The second-order valence-electron chi connectivity index (χ2n) is 2.96. The summed E-state index contributed by atoms with van der Waals surface area (Å²) in [5.74, 6) is -2.77. The number of halogens is 2. The number of nitrogens with zero attached hydrogens (tertiary/aromatic N) is 1. The summed E-state index contributed by atoms with van der Waals surface area (Å²) in [6.45, 7) is 2.77. The van der Waals surface area contributed by atoms with Crippen molar-refractivity contribution in [3.8, 4) is 0 Å². The van der Waals surface area contributed by atoms with Crippen LogP contribution in [-0.4, -0.2) is 12.0 Å². The van der Waals surface area contributed by atoms with Crippen molar-refractivity contribution in [3.05, 3.63) is 16.1 Å². The highest BCUT2D eigenvalue weighted by molar-refractivity contribution is 7.11. The van der Waals surface area contributed by atoms with Gasteiger partial charge in [-0.25, -0.2) is 13.8 Å². The molecule has 0 fully saturated rings. The predicted octanol–water partition coefficient (Wildman–Crippen LogP) is 2.54.